The number of nitrogens with zero attached hydrogens (tertiary/aromatic N) is 1. The lowest BCUT2D eigenvalue weighted by atomic mass is 10.1. The van der Waals surface area contributed by atoms with Crippen molar-refractivity contribution in [2.75, 3.05) is 5.73 Å². The predicted octanol–water partition coefficient (Wildman–Crippen LogP) is 3.14. The fourth-order valence-corrected chi connectivity index (χ4v) is 1.66. The Hall–Kier alpha value is -1.76. The van der Waals surface area contributed by atoms with Gasteiger partial charge in [0.25, 0.3) is 0 Å². The molecule has 0 aliphatic heterocycles. The number of hydrogen-bond donors (Lipinski definition) is 2. The molecule has 0 radical (unpaired) electrons. The van der Waals surface area contributed by atoms with E-state index in [2.05, 4.69) is 5.10 Å². The van der Waals surface area contributed by atoms with Crippen LogP contribution in [0.3, 0.4) is 0 Å². The molecule has 0 bridgehead atoms. The van der Waals surface area contributed by atoms with Crippen molar-refractivity contribution in [3.8, 4) is 5.69 Å². The average molecular weight is 259 g/mol. The van der Waals surface area contributed by atoms with Gasteiger partial charge in [0.2, 0.25) is 0 Å². The topological polar surface area (TPSA) is 46.7 Å². The first kappa shape index (κ1) is 11.7. The third-order valence-electron chi connectivity index (χ3n) is 2.25. The maximum Gasteiger partial charge on any atom is 0.416 e. The van der Waals surface area contributed by atoms with Crippen LogP contribution in [-0.4, -0.2) is 9.78 Å². The van der Waals surface area contributed by atoms with E-state index < -0.39 is 11.7 Å². The first-order chi connectivity index (χ1) is 7.89. The fraction of sp³-hybridized carbons (Fsp3) is 0.100. The predicted molar refractivity (Wildman–Crippen MR) is 60.4 cm³/mol. The van der Waals surface area contributed by atoms with Gasteiger partial charge in [0, 0.05) is 6.20 Å². The van der Waals surface area contributed by atoms with E-state index in [1.165, 1.54) is 10.7 Å². The van der Waals surface area contributed by atoms with Gasteiger partial charge in [0.05, 0.1) is 16.9 Å². The van der Waals surface area contributed by atoms with Gasteiger partial charge in [-0.15, -0.1) is 0 Å². The van der Waals surface area contributed by atoms with Crippen molar-refractivity contribution in [1.29, 1.82) is 0 Å². The van der Waals surface area contributed by atoms with Crippen molar-refractivity contribution < 1.29 is 13.2 Å². The van der Waals surface area contributed by atoms with Gasteiger partial charge in [-0.25, -0.2) is 4.68 Å². The van der Waals surface area contributed by atoms with Crippen LogP contribution in [0.4, 0.5) is 18.9 Å². The summed E-state index contributed by atoms with van der Waals surface area (Å²) in [5.74, 6) is 0. The van der Waals surface area contributed by atoms with Crippen molar-refractivity contribution in [1.82, 2.24) is 9.78 Å². The first-order valence-corrected chi connectivity index (χ1v) is 5.04. The Morgan fingerprint density at radius 3 is 2.41 bits per heavy atom. The minimum atomic E-state index is -4.40. The van der Waals surface area contributed by atoms with Crippen molar-refractivity contribution in [2.45, 2.75) is 6.18 Å². The molecule has 17 heavy (non-hydrogen) atoms. The number of rotatable bonds is 1. The van der Waals surface area contributed by atoms with Gasteiger partial charge in [-0.3, -0.25) is 0 Å². The van der Waals surface area contributed by atoms with Gasteiger partial charge in [-0.2, -0.15) is 13.2 Å². The summed E-state index contributed by atoms with van der Waals surface area (Å²) < 4.78 is 39.2. The highest BCUT2D eigenvalue weighted by Gasteiger charge is 2.30. The van der Waals surface area contributed by atoms with Crippen LogP contribution in [0.5, 0.6) is 0 Å². The van der Waals surface area contributed by atoms with E-state index in [1.807, 2.05) is 0 Å². The minimum absolute atomic E-state index is 0.0124. The normalized spacial score (nSPS) is 11.7. The molecule has 2 aromatic rings. The molecule has 0 unspecified atom stereocenters. The SMILES string of the molecule is Nc1cc(C(F)(F)F)ccc1-n1[nH]ccc1=S. The monoisotopic (exact) mass is 259 g/mol. The van der Waals surface area contributed by atoms with Crippen LogP contribution >= 0.6 is 12.2 Å². The molecule has 1 heterocycles. The second-order valence-corrected chi connectivity index (χ2v) is 3.83. The number of aromatic nitrogens is 2. The molecule has 0 saturated carbocycles. The van der Waals surface area contributed by atoms with Gasteiger partial charge in [0.1, 0.15) is 4.64 Å². The molecule has 0 spiro atoms. The van der Waals surface area contributed by atoms with E-state index in [4.69, 9.17) is 18.0 Å². The smallest absolute Gasteiger partial charge is 0.397 e. The third kappa shape index (κ3) is 2.19. The molecule has 3 nitrogen and oxygen atoms in total. The Labute approximate surface area is 99.7 Å². The summed E-state index contributed by atoms with van der Waals surface area (Å²) in [7, 11) is 0. The lowest BCUT2D eigenvalue weighted by molar-refractivity contribution is -0.137. The first-order valence-electron chi connectivity index (χ1n) is 4.63. The molecule has 0 saturated heterocycles. The highest BCUT2D eigenvalue weighted by atomic mass is 32.1. The number of nitrogens with two attached hydrogens (primary N) is 1. The molecule has 0 aliphatic carbocycles. The summed E-state index contributed by atoms with van der Waals surface area (Å²) in [6.45, 7) is 0. The molecule has 0 atom stereocenters. The fourth-order valence-electron chi connectivity index (χ4n) is 1.44. The Morgan fingerprint density at radius 1 is 1.24 bits per heavy atom. The van der Waals surface area contributed by atoms with Gasteiger partial charge >= 0.3 is 6.18 Å². The molecular weight excluding hydrogens is 251 g/mol. The molecule has 0 amide bonds. The highest BCUT2D eigenvalue weighted by Crippen LogP contribution is 2.32. The molecule has 7 heteroatoms. The Balaban J connectivity index is 2.54. The van der Waals surface area contributed by atoms with Crippen LogP contribution in [0.1, 0.15) is 5.56 Å². The van der Waals surface area contributed by atoms with Crippen molar-refractivity contribution in [2.24, 2.45) is 0 Å². The van der Waals surface area contributed by atoms with Gasteiger partial charge in [-0.1, -0.05) is 12.2 Å². The zero-order chi connectivity index (χ0) is 12.6. The van der Waals surface area contributed by atoms with Gasteiger partial charge < -0.3 is 10.8 Å². The van der Waals surface area contributed by atoms with Crippen LogP contribution in [0.15, 0.2) is 30.5 Å². The summed E-state index contributed by atoms with van der Waals surface area (Å²) in [6.07, 6.45) is -2.82. The second kappa shape index (κ2) is 3.92. The molecule has 90 valence electrons. The molecule has 0 aliphatic rings. The van der Waals surface area contributed by atoms with E-state index in [0.717, 1.165) is 12.1 Å². The average Bonchev–Trinajstić information content (AvgIpc) is 2.63. The number of halogens is 3. The summed E-state index contributed by atoms with van der Waals surface area (Å²) in [5, 5.41) is 2.77. The molecule has 0 fully saturated rings. The second-order valence-electron chi connectivity index (χ2n) is 3.41. The molecule has 1 aromatic heterocycles. The van der Waals surface area contributed by atoms with Gasteiger partial charge in [-0.05, 0) is 24.3 Å². The molecule has 3 N–H and O–H groups in total. The van der Waals surface area contributed by atoms with Gasteiger partial charge in [0.15, 0.2) is 0 Å². The van der Waals surface area contributed by atoms with Crippen LogP contribution in [-0.2, 0) is 6.18 Å². The Bertz CT molecular complexity index is 597. The highest BCUT2D eigenvalue weighted by molar-refractivity contribution is 7.71. The number of aromatic amines is 1. The van der Waals surface area contributed by atoms with E-state index in [-0.39, 0.29) is 5.69 Å². The number of nitrogens with one attached hydrogen (secondary N) is 1. The maximum atomic E-state index is 12.4. The zero-order valence-electron chi connectivity index (χ0n) is 8.45. The van der Waals surface area contributed by atoms with E-state index >= 15 is 0 Å². The van der Waals surface area contributed by atoms with E-state index in [0.29, 0.717) is 10.3 Å². The number of anilines is 1. The number of H-pyrrole nitrogens is 1. The van der Waals surface area contributed by atoms with Crippen molar-refractivity contribution in [3.05, 3.63) is 40.7 Å². The number of hydrogen-bond acceptors (Lipinski definition) is 2. The number of benzene rings is 1. The summed E-state index contributed by atoms with van der Waals surface area (Å²) in [4.78, 5) is 0. The number of alkyl halides is 3. The minimum Gasteiger partial charge on any atom is -0.397 e. The van der Waals surface area contributed by atoms with E-state index in [9.17, 15) is 13.2 Å². The molecule has 2 rings (SSSR count). The zero-order valence-corrected chi connectivity index (χ0v) is 9.27. The standard InChI is InChI=1S/C10H8F3N3S/c11-10(12,13)6-1-2-8(7(14)5-6)16-9(17)3-4-15-16/h1-5,15H,14H2. The summed E-state index contributed by atoms with van der Waals surface area (Å²) >= 11 is 4.99. The van der Waals surface area contributed by atoms with Crippen molar-refractivity contribution >= 4 is 17.9 Å². The quantitative estimate of drug-likeness (QED) is 0.610. The number of nitrogen functional groups attached to an aromatic ring is 1. The summed E-state index contributed by atoms with van der Waals surface area (Å²) in [5.41, 5.74) is 5.22. The van der Waals surface area contributed by atoms with Crippen LogP contribution < -0.4 is 5.73 Å². The lowest BCUT2D eigenvalue weighted by Gasteiger charge is -2.11. The van der Waals surface area contributed by atoms with Crippen LogP contribution in [0.2, 0.25) is 0 Å². The van der Waals surface area contributed by atoms with Crippen LogP contribution in [0, 0.1) is 4.64 Å². The van der Waals surface area contributed by atoms with E-state index in [1.54, 1.807) is 12.3 Å². The maximum absolute atomic E-state index is 12.4. The van der Waals surface area contributed by atoms with Crippen LogP contribution in [0.25, 0.3) is 5.69 Å². The summed E-state index contributed by atoms with van der Waals surface area (Å²) in [6, 6.07) is 4.75. The largest absolute Gasteiger partial charge is 0.416 e. The lowest BCUT2D eigenvalue weighted by Crippen LogP contribution is -2.08. The van der Waals surface area contributed by atoms with Crippen molar-refractivity contribution in [3.63, 3.8) is 0 Å². The molecular formula is C10H8F3N3S. The Kier molecular flexibility index (Phi) is 2.70. The third-order valence-corrected chi connectivity index (χ3v) is 2.56. The Morgan fingerprint density at radius 2 is 1.94 bits per heavy atom. The molecule has 1 aromatic carbocycles.